The van der Waals surface area contributed by atoms with E-state index in [4.69, 9.17) is 11.5 Å². The van der Waals surface area contributed by atoms with Crippen molar-refractivity contribution in [3.05, 3.63) is 12.2 Å². The average molecular weight is 496 g/mol. The minimum atomic E-state index is 0.0223. The van der Waals surface area contributed by atoms with Gasteiger partial charge in [0.15, 0.2) is 0 Å². The number of nitrogens with one attached hydrogen (secondary N) is 2. The van der Waals surface area contributed by atoms with E-state index in [0.717, 1.165) is 13.0 Å². The lowest BCUT2D eigenvalue weighted by Crippen LogP contribution is -2.36. The van der Waals surface area contributed by atoms with E-state index in [9.17, 15) is 9.59 Å². The fourth-order valence-corrected chi connectivity index (χ4v) is 4.04. The number of nitrogens with zero attached hydrogens (tertiary/aromatic N) is 1. The van der Waals surface area contributed by atoms with Crippen LogP contribution >= 0.6 is 0 Å². The lowest BCUT2D eigenvalue weighted by molar-refractivity contribution is -0.121. The molecule has 206 valence electrons. The molecule has 0 aromatic carbocycles. The summed E-state index contributed by atoms with van der Waals surface area (Å²) in [7, 11) is 0. The van der Waals surface area contributed by atoms with Gasteiger partial charge in [-0.15, -0.1) is 0 Å². The number of unbranched alkanes of at least 4 members (excludes halogenated alkanes) is 12. The van der Waals surface area contributed by atoms with E-state index in [1.54, 1.807) is 0 Å². The Bertz CT molecular complexity index is 490. The first kappa shape index (κ1) is 33.6. The van der Waals surface area contributed by atoms with Gasteiger partial charge >= 0.3 is 0 Å². The van der Waals surface area contributed by atoms with Crippen molar-refractivity contribution >= 4 is 11.8 Å². The van der Waals surface area contributed by atoms with Crippen molar-refractivity contribution in [1.82, 2.24) is 15.5 Å². The minimum absolute atomic E-state index is 0.0223. The Morgan fingerprint density at radius 1 is 0.629 bits per heavy atom. The maximum atomic E-state index is 11.9. The summed E-state index contributed by atoms with van der Waals surface area (Å²) in [6, 6.07) is 0. The second-order valence-electron chi connectivity index (χ2n) is 9.56. The zero-order valence-electron chi connectivity index (χ0n) is 22.8. The van der Waals surface area contributed by atoms with E-state index in [2.05, 4.69) is 34.6 Å². The second-order valence-corrected chi connectivity index (χ2v) is 9.56. The van der Waals surface area contributed by atoms with Gasteiger partial charge in [-0.2, -0.15) is 0 Å². The smallest absolute Gasteiger partial charge is 0.221 e. The van der Waals surface area contributed by atoms with E-state index in [0.29, 0.717) is 52.1 Å². The van der Waals surface area contributed by atoms with Crippen LogP contribution in [0.15, 0.2) is 12.2 Å². The molecule has 0 aliphatic carbocycles. The quantitative estimate of drug-likeness (QED) is 0.106. The highest BCUT2D eigenvalue weighted by molar-refractivity contribution is 5.76. The molecule has 0 rings (SSSR count). The van der Waals surface area contributed by atoms with Crippen LogP contribution in [0.4, 0.5) is 0 Å². The molecule has 7 nitrogen and oxygen atoms in total. The molecule has 0 saturated heterocycles. The third kappa shape index (κ3) is 25.5. The summed E-state index contributed by atoms with van der Waals surface area (Å²) in [6.07, 6.45) is 23.7. The van der Waals surface area contributed by atoms with Crippen LogP contribution in [-0.4, -0.2) is 62.5 Å². The Labute approximate surface area is 216 Å². The highest BCUT2D eigenvalue weighted by atomic mass is 16.2. The van der Waals surface area contributed by atoms with Gasteiger partial charge in [0, 0.05) is 52.1 Å². The van der Waals surface area contributed by atoms with Crippen LogP contribution in [0.5, 0.6) is 0 Å². The Balaban J connectivity index is 3.86. The van der Waals surface area contributed by atoms with Crippen LogP contribution < -0.4 is 22.1 Å². The van der Waals surface area contributed by atoms with Gasteiger partial charge in [0.1, 0.15) is 0 Å². The monoisotopic (exact) mass is 495 g/mol. The van der Waals surface area contributed by atoms with Gasteiger partial charge < -0.3 is 27.0 Å². The van der Waals surface area contributed by atoms with Crippen LogP contribution in [0, 0.1) is 0 Å². The van der Waals surface area contributed by atoms with E-state index < -0.39 is 0 Å². The number of hydrogen-bond acceptors (Lipinski definition) is 5. The van der Waals surface area contributed by atoms with Gasteiger partial charge in [-0.25, -0.2) is 0 Å². The summed E-state index contributed by atoms with van der Waals surface area (Å²) in [5.41, 5.74) is 10.9. The fourth-order valence-electron chi connectivity index (χ4n) is 4.04. The van der Waals surface area contributed by atoms with Gasteiger partial charge in [0.05, 0.1) is 0 Å². The molecule has 0 aromatic heterocycles. The summed E-state index contributed by atoms with van der Waals surface area (Å²) in [5, 5.41) is 5.63. The molecular formula is C28H57N5O2. The zero-order valence-corrected chi connectivity index (χ0v) is 22.8. The van der Waals surface area contributed by atoms with Crippen molar-refractivity contribution in [3.8, 4) is 0 Å². The molecule has 0 fully saturated rings. The van der Waals surface area contributed by atoms with E-state index >= 15 is 0 Å². The normalized spacial score (nSPS) is 11.4. The Kier molecular flexibility index (Phi) is 26.0. The van der Waals surface area contributed by atoms with Crippen molar-refractivity contribution in [2.24, 2.45) is 11.5 Å². The first-order valence-corrected chi connectivity index (χ1v) is 14.4. The second kappa shape index (κ2) is 27.2. The molecule has 0 aromatic rings. The Morgan fingerprint density at radius 3 is 1.51 bits per heavy atom. The molecule has 0 radical (unpaired) electrons. The van der Waals surface area contributed by atoms with Crippen molar-refractivity contribution in [1.29, 1.82) is 0 Å². The maximum absolute atomic E-state index is 11.9. The summed E-state index contributed by atoms with van der Waals surface area (Å²) in [4.78, 5) is 26.1. The standard InChI is InChI=1S/C28H57N5O2/c1-2-3-4-5-6-7-8-9-10-11-12-13-14-15-16-17-24-33(25-18-27(34)31-22-20-29)26-19-28(35)32-23-21-30/h9-10H,2-8,11-26,29-30H2,1H3,(H,31,34)(H,32,35)/b10-9+. The molecule has 0 atom stereocenters. The zero-order chi connectivity index (χ0) is 25.8. The van der Waals surface area contributed by atoms with E-state index in [1.165, 1.54) is 83.5 Å². The topological polar surface area (TPSA) is 113 Å². The van der Waals surface area contributed by atoms with Gasteiger partial charge in [-0.3, -0.25) is 9.59 Å². The molecule has 0 aliphatic heterocycles. The molecule has 0 heterocycles. The highest BCUT2D eigenvalue weighted by Crippen LogP contribution is 2.10. The molecule has 0 unspecified atom stereocenters. The lowest BCUT2D eigenvalue weighted by Gasteiger charge is -2.22. The first-order valence-electron chi connectivity index (χ1n) is 14.4. The van der Waals surface area contributed by atoms with Crippen LogP contribution in [0.3, 0.4) is 0 Å². The van der Waals surface area contributed by atoms with Crippen LogP contribution in [-0.2, 0) is 9.59 Å². The number of rotatable bonds is 26. The van der Waals surface area contributed by atoms with Crippen LogP contribution in [0.25, 0.3) is 0 Å². The summed E-state index contributed by atoms with van der Waals surface area (Å²) >= 11 is 0. The van der Waals surface area contributed by atoms with Crippen molar-refractivity contribution in [2.75, 3.05) is 45.8 Å². The number of allylic oxidation sites excluding steroid dienone is 2. The van der Waals surface area contributed by atoms with Crippen LogP contribution in [0.1, 0.15) is 110 Å². The van der Waals surface area contributed by atoms with Gasteiger partial charge in [-0.05, 0) is 38.6 Å². The number of amides is 2. The van der Waals surface area contributed by atoms with E-state index in [-0.39, 0.29) is 11.8 Å². The first-order chi connectivity index (χ1) is 17.1. The van der Waals surface area contributed by atoms with E-state index in [1.807, 2.05) is 0 Å². The minimum Gasteiger partial charge on any atom is -0.355 e. The largest absolute Gasteiger partial charge is 0.355 e. The van der Waals surface area contributed by atoms with Gasteiger partial charge in [0.2, 0.25) is 11.8 Å². The number of carbonyl (C=O) groups is 2. The molecule has 35 heavy (non-hydrogen) atoms. The predicted molar refractivity (Wildman–Crippen MR) is 149 cm³/mol. The SMILES string of the molecule is CCCCCCCC/C=C/CCCCCCCCN(CCC(=O)NCCN)CCC(=O)NCCN. The van der Waals surface area contributed by atoms with Crippen molar-refractivity contribution in [2.45, 2.75) is 110 Å². The number of nitrogens with two attached hydrogens (primary N) is 2. The van der Waals surface area contributed by atoms with Crippen molar-refractivity contribution < 1.29 is 9.59 Å². The average Bonchev–Trinajstić information content (AvgIpc) is 2.86. The molecule has 0 bridgehead atoms. The van der Waals surface area contributed by atoms with Crippen molar-refractivity contribution in [3.63, 3.8) is 0 Å². The van der Waals surface area contributed by atoms with Gasteiger partial charge in [-0.1, -0.05) is 76.9 Å². The molecule has 0 aliphatic rings. The third-order valence-electron chi connectivity index (χ3n) is 6.23. The lowest BCUT2D eigenvalue weighted by atomic mass is 10.1. The predicted octanol–water partition coefficient (Wildman–Crippen LogP) is 4.26. The number of carbonyl (C=O) groups excluding carboxylic acids is 2. The summed E-state index contributed by atoms with van der Waals surface area (Å²) in [5.74, 6) is 0.0445. The van der Waals surface area contributed by atoms with Gasteiger partial charge in [0.25, 0.3) is 0 Å². The molecule has 6 N–H and O–H groups in total. The van der Waals surface area contributed by atoms with Crippen LogP contribution in [0.2, 0.25) is 0 Å². The number of hydrogen-bond donors (Lipinski definition) is 4. The molecule has 7 heteroatoms. The Morgan fingerprint density at radius 2 is 1.06 bits per heavy atom. The fraction of sp³-hybridized carbons (Fsp3) is 0.857. The Hall–Kier alpha value is -1.44. The maximum Gasteiger partial charge on any atom is 0.221 e. The molecule has 0 spiro atoms. The molecular weight excluding hydrogens is 438 g/mol. The highest BCUT2D eigenvalue weighted by Gasteiger charge is 2.10. The summed E-state index contributed by atoms with van der Waals surface area (Å²) in [6.45, 7) is 6.46. The molecule has 0 saturated carbocycles. The summed E-state index contributed by atoms with van der Waals surface area (Å²) < 4.78 is 0. The third-order valence-corrected chi connectivity index (χ3v) is 6.23. The molecule has 2 amide bonds.